The molecular formula is C10H18O. The van der Waals surface area contributed by atoms with E-state index in [0.29, 0.717) is 0 Å². The van der Waals surface area contributed by atoms with Crippen molar-refractivity contribution in [3.8, 4) is 0 Å². The molecule has 64 valence electrons. The van der Waals surface area contributed by atoms with E-state index in [-0.39, 0.29) is 11.7 Å². The van der Waals surface area contributed by atoms with Crippen molar-refractivity contribution < 1.29 is 4.79 Å². The van der Waals surface area contributed by atoms with E-state index in [1.807, 2.05) is 6.92 Å². The van der Waals surface area contributed by atoms with Gasteiger partial charge >= 0.3 is 0 Å². The van der Waals surface area contributed by atoms with Crippen LogP contribution < -0.4 is 0 Å². The summed E-state index contributed by atoms with van der Waals surface area (Å²) in [5, 5.41) is 0. The Morgan fingerprint density at radius 2 is 2.00 bits per heavy atom. The van der Waals surface area contributed by atoms with E-state index < -0.39 is 0 Å². The molecule has 0 rings (SSSR count). The molecule has 0 N–H and O–H groups in total. The van der Waals surface area contributed by atoms with Crippen LogP contribution in [0, 0.1) is 5.92 Å². The summed E-state index contributed by atoms with van der Waals surface area (Å²) in [5.74, 6) is 0.474. The summed E-state index contributed by atoms with van der Waals surface area (Å²) in [5.41, 5.74) is 1.37. The van der Waals surface area contributed by atoms with E-state index in [4.69, 9.17) is 0 Å². The summed E-state index contributed by atoms with van der Waals surface area (Å²) in [6.45, 7) is 7.86. The second-order valence-electron chi connectivity index (χ2n) is 3.15. The molecule has 1 heteroatoms. The van der Waals surface area contributed by atoms with E-state index in [2.05, 4.69) is 19.9 Å². The molecule has 0 aliphatic rings. The van der Waals surface area contributed by atoms with E-state index in [1.54, 1.807) is 6.92 Å². The maximum Gasteiger partial charge on any atom is 0.132 e. The lowest BCUT2D eigenvalue weighted by Gasteiger charge is -2.03. The van der Waals surface area contributed by atoms with Gasteiger partial charge in [0, 0.05) is 5.92 Å². The van der Waals surface area contributed by atoms with Crippen molar-refractivity contribution in [3.05, 3.63) is 11.6 Å². The van der Waals surface area contributed by atoms with Crippen LogP contribution in [0.25, 0.3) is 0 Å². The van der Waals surface area contributed by atoms with Gasteiger partial charge in [-0.1, -0.05) is 25.5 Å². The SMILES string of the molecule is CCC(C)=CCC(C)C(C)=O. The number of ketones is 1. The molecular weight excluding hydrogens is 136 g/mol. The van der Waals surface area contributed by atoms with Crippen LogP contribution >= 0.6 is 0 Å². The topological polar surface area (TPSA) is 17.1 Å². The van der Waals surface area contributed by atoms with Gasteiger partial charge in [-0.05, 0) is 26.7 Å². The van der Waals surface area contributed by atoms with Gasteiger partial charge in [0.25, 0.3) is 0 Å². The minimum Gasteiger partial charge on any atom is -0.300 e. The van der Waals surface area contributed by atoms with Crippen LogP contribution in [0.2, 0.25) is 0 Å². The van der Waals surface area contributed by atoms with Crippen LogP contribution in [0.15, 0.2) is 11.6 Å². The molecule has 0 aliphatic carbocycles. The van der Waals surface area contributed by atoms with Crippen molar-refractivity contribution in [2.75, 3.05) is 0 Å². The van der Waals surface area contributed by atoms with Crippen molar-refractivity contribution in [1.29, 1.82) is 0 Å². The van der Waals surface area contributed by atoms with Crippen molar-refractivity contribution in [3.63, 3.8) is 0 Å². The fourth-order valence-electron chi connectivity index (χ4n) is 0.688. The molecule has 0 amide bonds. The van der Waals surface area contributed by atoms with Gasteiger partial charge in [-0.3, -0.25) is 4.79 Å². The predicted octanol–water partition coefficient (Wildman–Crippen LogP) is 2.96. The second-order valence-corrected chi connectivity index (χ2v) is 3.15. The molecule has 0 aliphatic heterocycles. The maximum absolute atomic E-state index is 10.8. The van der Waals surface area contributed by atoms with E-state index in [1.165, 1.54) is 5.57 Å². The number of carbonyl (C=O) groups excluding carboxylic acids is 1. The summed E-state index contributed by atoms with van der Waals surface area (Å²) in [6.07, 6.45) is 4.14. The van der Waals surface area contributed by atoms with Crippen LogP contribution in [0.4, 0.5) is 0 Å². The highest BCUT2D eigenvalue weighted by molar-refractivity contribution is 5.77. The highest BCUT2D eigenvalue weighted by Gasteiger charge is 2.04. The van der Waals surface area contributed by atoms with E-state index in [0.717, 1.165) is 12.8 Å². The standard InChI is InChI=1S/C10H18O/c1-5-8(2)6-7-9(3)10(4)11/h6,9H,5,7H2,1-4H3. The number of carbonyl (C=O) groups is 1. The minimum absolute atomic E-state index is 0.191. The highest BCUT2D eigenvalue weighted by atomic mass is 16.1. The summed E-state index contributed by atoms with van der Waals surface area (Å²) < 4.78 is 0. The Labute approximate surface area is 69.5 Å². The Morgan fingerprint density at radius 1 is 1.45 bits per heavy atom. The molecule has 0 radical (unpaired) electrons. The van der Waals surface area contributed by atoms with Crippen molar-refractivity contribution in [2.24, 2.45) is 5.92 Å². The zero-order valence-corrected chi connectivity index (χ0v) is 7.98. The molecule has 0 aromatic carbocycles. The van der Waals surface area contributed by atoms with Gasteiger partial charge in [0.05, 0.1) is 0 Å². The maximum atomic E-state index is 10.8. The Balaban J connectivity index is 3.78. The van der Waals surface area contributed by atoms with Crippen LogP contribution in [-0.2, 0) is 4.79 Å². The quantitative estimate of drug-likeness (QED) is 0.569. The van der Waals surface area contributed by atoms with Gasteiger partial charge in [0.1, 0.15) is 5.78 Å². The summed E-state index contributed by atoms with van der Waals surface area (Å²) >= 11 is 0. The van der Waals surface area contributed by atoms with Gasteiger partial charge in [-0.15, -0.1) is 0 Å². The first-order valence-corrected chi connectivity index (χ1v) is 4.24. The minimum atomic E-state index is 0.191. The van der Waals surface area contributed by atoms with Crippen LogP contribution in [0.3, 0.4) is 0 Å². The summed E-state index contributed by atoms with van der Waals surface area (Å²) in [7, 11) is 0. The Morgan fingerprint density at radius 3 is 2.36 bits per heavy atom. The largest absolute Gasteiger partial charge is 0.300 e. The molecule has 0 bridgehead atoms. The lowest BCUT2D eigenvalue weighted by atomic mass is 10.0. The molecule has 1 unspecified atom stereocenters. The second kappa shape index (κ2) is 5.11. The van der Waals surface area contributed by atoms with Gasteiger partial charge in [-0.25, -0.2) is 0 Å². The molecule has 0 saturated carbocycles. The van der Waals surface area contributed by atoms with Gasteiger partial charge in [0.15, 0.2) is 0 Å². The van der Waals surface area contributed by atoms with Crippen molar-refractivity contribution in [2.45, 2.75) is 40.5 Å². The zero-order valence-electron chi connectivity index (χ0n) is 7.98. The molecule has 1 atom stereocenters. The molecule has 0 fully saturated rings. The average Bonchev–Trinajstić information content (AvgIpc) is 1.99. The molecule has 0 saturated heterocycles. The van der Waals surface area contributed by atoms with Crippen LogP contribution in [0.5, 0.6) is 0 Å². The highest BCUT2D eigenvalue weighted by Crippen LogP contribution is 2.08. The number of hydrogen-bond acceptors (Lipinski definition) is 1. The first kappa shape index (κ1) is 10.4. The Bertz CT molecular complexity index is 156. The smallest absolute Gasteiger partial charge is 0.132 e. The molecule has 0 spiro atoms. The third-order valence-corrected chi connectivity index (χ3v) is 2.07. The number of rotatable bonds is 4. The average molecular weight is 154 g/mol. The first-order valence-electron chi connectivity index (χ1n) is 4.24. The molecule has 0 aromatic rings. The molecule has 0 heterocycles. The van der Waals surface area contributed by atoms with E-state index in [9.17, 15) is 4.79 Å². The van der Waals surface area contributed by atoms with Gasteiger partial charge in [0.2, 0.25) is 0 Å². The van der Waals surface area contributed by atoms with Crippen LogP contribution in [0.1, 0.15) is 40.5 Å². The zero-order chi connectivity index (χ0) is 8.85. The van der Waals surface area contributed by atoms with Crippen molar-refractivity contribution in [1.82, 2.24) is 0 Å². The monoisotopic (exact) mass is 154 g/mol. The Kier molecular flexibility index (Phi) is 4.84. The third kappa shape index (κ3) is 4.77. The first-order chi connectivity index (χ1) is 5.07. The van der Waals surface area contributed by atoms with E-state index >= 15 is 0 Å². The van der Waals surface area contributed by atoms with Crippen LogP contribution in [-0.4, -0.2) is 5.78 Å². The molecule has 1 nitrogen and oxygen atoms in total. The molecule has 11 heavy (non-hydrogen) atoms. The Hall–Kier alpha value is -0.590. The number of hydrogen-bond donors (Lipinski definition) is 0. The number of Topliss-reactive ketones (excluding diaryl/α,β-unsaturated/α-hetero) is 1. The fourth-order valence-corrected chi connectivity index (χ4v) is 0.688. The summed E-state index contributed by atoms with van der Waals surface area (Å²) in [6, 6.07) is 0. The number of allylic oxidation sites excluding steroid dienone is 2. The normalized spacial score (nSPS) is 14.7. The fraction of sp³-hybridized carbons (Fsp3) is 0.700. The van der Waals surface area contributed by atoms with Crippen molar-refractivity contribution >= 4 is 5.78 Å². The lowest BCUT2D eigenvalue weighted by Crippen LogP contribution is -2.04. The predicted molar refractivity (Wildman–Crippen MR) is 48.5 cm³/mol. The van der Waals surface area contributed by atoms with Gasteiger partial charge in [-0.2, -0.15) is 0 Å². The van der Waals surface area contributed by atoms with Gasteiger partial charge < -0.3 is 0 Å². The lowest BCUT2D eigenvalue weighted by molar-refractivity contribution is -0.120. The summed E-state index contributed by atoms with van der Waals surface area (Å²) in [4.78, 5) is 10.8. The molecule has 0 aromatic heterocycles. The third-order valence-electron chi connectivity index (χ3n) is 2.07.